The van der Waals surface area contributed by atoms with Gasteiger partial charge in [0, 0.05) is 16.9 Å². The minimum atomic E-state index is -1.19. The Balaban J connectivity index is 2.15. The molecule has 3 heterocycles. The first-order chi connectivity index (χ1) is 16.3. The second-order valence-electron chi connectivity index (χ2n) is 11.2. The molecule has 0 radical (unpaired) electrons. The summed E-state index contributed by atoms with van der Waals surface area (Å²) in [6, 6.07) is -1.56. The van der Waals surface area contributed by atoms with Gasteiger partial charge in [0.05, 0.1) is 30.6 Å². The standard InChI is InChI=1S/C26H39BrN2O6/c1-8-10-28(25(5,6)7)23(32)21-26-13-17(27)20(35-26)18(24(33)34-11-9-2)19(26)22(31)29(21)16(14-30)12-15(3)4/h8-9,15-21,30H,1-2,10-14H2,3-7H3/t16-,17?,18+,19+,20+,21?,26?/m1/s1. The monoisotopic (exact) mass is 554 g/mol. The van der Waals surface area contributed by atoms with E-state index in [4.69, 9.17) is 9.47 Å². The topological polar surface area (TPSA) is 96.4 Å². The van der Waals surface area contributed by atoms with Gasteiger partial charge in [-0.25, -0.2) is 0 Å². The summed E-state index contributed by atoms with van der Waals surface area (Å²) in [5.41, 5.74) is -1.74. The van der Waals surface area contributed by atoms with E-state index in [9.17, 15) is 19.5 Å². The summed E-state index contributed by atoms with van der Waals surface area (Å²) in [5.74, 6) is -2.67. The molecule has 3 aliphatic heterocycles. The molecule has 9 heteroatoms. The SMILES string of the molecule is C=CCOC(=O)[C@H]1[C@H]2C(=O)N([C@@H](CO)CC(C)C)C(C(=O)N(CC=C)C(C)(C)C)C23CC(Br)[C@@H]1O3. The Hall–Kier alpha value is -1.71. The zero-order valence-electron chi connectivity index (χ0n) is 21.4. The molecular weight excluding hydrogens is 516 g/mol. The zero-order chi connectivity index (χ0) is 26.3. The van der Waals surface area contributed by atoms with E-state index in [1.165, 1.54) is 11.0 Å². The van der Waals surface area contributed by atoms with E-state index in [0.29, 0.717) is 19.4 Å². The van der Waals surface area contributed by atoms with Gasteiger partial charge in [-0.15, -0.1) is 6.58 Å². The summed E-state index contributed by atoms with van der Waals surface area (Å²) in [6.07, 6.45) is 3.46. The van der Waals surface area contributed by atoms with E-state index in [1.807, 2.05) is 34.6 Å². The van der Waals surface area contributed by atoms with Crippen molar-refractivity contribution in [1.29, 1.82) is 0 Å². The van der Waals surface area contributed by atoms with E-state index >= 15 is 0 Å². The number of alkyl halides is 1. The number of esters is 1. The van der Waals surface area contributed by atoms with Crippen molar-refractivity contribution < 1.29 is 29.0 Å². The van der Waals surface area contributed by atoms with Crippen molar-refractivity contribution in [2.24, 2.45) is 17.8 Å². The lowest BCUT2D eigenvalue weighted by Crippen LogP contribution is -2.62. The molecule has 0 saturated carbocycles. The molecule has 196 valence electrons. The molecular formula is C26H39BrN2O6. The first-order valence-corrected chi connectivity index (χ1v) is 13.2. The molecule has 7 atom stereocenters. The van der Waals surface area contributed by atoms with Gasteiger partial charge in [-0.05, 0) is 39.5 Å². The summed E-state index contributed by atoms with van der Waals surface area (Å²) < 4.78 is 11.9. The molecule has 1 spiro atoms. The van der Waals surface area contributed by atoms with Crippen LogP contribution >= 0.6 is 15.9 Å². The maximum atomic E-state index is 14.3. The molecule has 0 aromatic carbocycles. The predicted molar refractivity (Wildman–Crippen MR) is 136 cm³/mol. The third kappa shape index (κ3) is 4.71. The van der Waals surface area contributed by atoms with Crippen LogP contribution in [0.1, 0.15) is 47.5 Å². The van der Waals surface area contributed by atoms with Gasteiger partial charge in [0.1, 0.15) is 18.2 Å². The van der Waals surface area contributed by atoms with Gasteiger partial charge in [0.2, 0.25) is 11.8 Å². The summed E-state index contributed by atoms with van der Waals surface area (Å²) in [6.45, 7) is 17.2. The fourth-order valence-corrected chi connectivity index (χ4v) is 6.98. The Morgan fingerprint density at radius 3 is 2.51 bits per heavy atom. The van der Waals surface area contributed by atoms with Crippen molar-refractivity contribution in [2.45, 2.75) is 81.6 Å². The molecule has 3 aliphatic rings. The fourth-order valence-electron chi connectivity index (χ4n) is 6.04. The van der Waals surface area contributed by atoms with E-state index in [2.05, 4.69) is 29.1 Å². The van der Waals surface area contributed by atoms with Gasteiger partial charge < -0.3 is 24.4 Å². The van der Waals surface area contributed by atoms with E-state index < -0.39 is 47.1 Å². The van der Waals surface area contributed by atoms with Crippen LogP contribution in [0.25, 0.3) is 0 Å². The number of rotatable bonds is 10. The minimum absolute atomic E-state index is 0.0265. The van der Waals surface area contributed by atoms with Crippen LogP contribution in [0.5, 0.6) is 0 Å². The van der Waals surface area contributed by atoms with Crippen LogP contribution in [0.2, 0.25) is 0 Å². The molecule has 2 bridgehead atoms. The van der Waals surface area contributed by atoms with Gasteiger partial charge in [-0.3, -0.25) is 14.4 Å². The number of hydrogen-bond donors (Lipinski definition) is 1. The number of ether oxygens (including phenoxy) is 2. The van der Waals surface area contributed by atoms with Crippen molar-refractivity contribution in [3.8, 4) is 0 Å². The predicted octanol–water partition coefficient (Wildman–Crippen LogP) is 2.68. The van der Waals surface area contributed by atoms with Crippen LogP contribution in [-0.2, 0) is 23.9 Å². The molecule has 3 rings (SSSR count). The molecule has 3 saturated heterocycles. The average Bonchev–Trinajstić information content (AvgIpc) is 3.36. The van der Waals surface area contributed by atoms with E-state index in [-0.39, 0.29) is 35.8 Å². The third-order valence-electron chi connectivity index (χ3n) is 7.31. The van der Waals surface area contributed by atoms with Crippen LogP contribution in [0, 0.1) is 17.8 Å². The Morgan fingerprint density at radius 2 is 2.00 bits per heavy atom. The number of hydrogen-bond acceptors (Lipinski definition) is 6. The highest BCUT2D eigenvalue weighted by Gasteiger charge is 2.77. The minimum Gasteiger partial charge on any atom is -0.461 e. The summed E-state index contributed by atoms with van der Waals surface area (Å²) in [4.78, 5) is 44.5. The molecule has 0 aliphatic carbocycles. The zero-order valence-corrected chi connectivity index (χ0v) is 23.0. The Kier molecular flexibility index (Phi) is 8.24. The van der Waals surface area contributed by atoms with Crippen LogP contribution in [0.3, 0.4) is 0 Å². The van der Waals surface area contributed by atoms with E-state index in [0.717, 1.165) is 0 Å². The van der Waals surface area contributed by atoms with Crippen molar-refractivity contribution in [3.63, 3.8) is 0 Å². The fraction of sp³-hybridized carbons (Fsp3) is 0.731. The molecule has 3 fully saturated rings. The number of carbonyl (C=O) groups excluding carboxylic acids is 3. The van der Waals surface area contributed by atoms with Crippen molar-refractivity contribution in [2.75, 3.05) is 19.8 Å². The number of fused-ring (bicyclic) bond motifs is 1. The van der Waals surface area contributed by atoms with Gasteiger partial charge >= 0.3 is 5.97 Å². The quantitative estimate of drug-likeness (QED) is 0.253. The molecule has 35 heavy (non-hydrogen) atoms. The van der Waals surface area contributed by atoms with Crippen LogP contribution in [-0.4, -0.2) is 86.6 Å². The molecule has 0 aromatic heterocycles. The van der Waals surface area contributed by atoms with Gasteiger partial charge in [0.15, 0.2) is 0 Å². The maximum Gasteiger partial charge on any atom is 0.312 e. The molecule has 2 amide bonds. The Morgan fingerprint density at radius 1 is 1.34 bits per heavy atom. The van der Waals surface area contributed by atoms with Gasteiger partial charge in [-0.1, -0.05) is 48.5 Å². The maximum absolute atomic E-state index is 14.3. The number of amides is 2. The second-order valence-corrected chi connectivity index (χ2v) is 12.4. The molecule has 8 nitrogen and oxygen atoms in total. The number of likely N-dealkylation sites (tertiary alicyclic amines) is 1. The van der Waals surface area contributed by atoms with Gasteiger partial charge in [0.25, 0.3) is 0 Å². The van der Waals surface area contributed by atoms with Crippen molar-refractivity contribution in [3.05, 3.63) is 25.3 Å². The Bertz CT molecular complexity index is 870. The van der Waals surface area contributed by atoms with E-state index in [1.54, 1.807) is 11.0 Å². The number of aliphatic hydroxyl groups is 1. The molecule has 1 N–H and O–H groups in total. The van der Waals surface area contributed by atoms with Crippen LogP contribution < -0.4 is 0 Å². The van der Waals surface area contributed by atoms with Crippen molar-refractivity contribution in [1.82, 2.24) is 9.80 Å². The first-order valence-electron chi connectivity index (χ1n) is 12.3. The van der Waals surface area contributed by atoms with Gasteiger partial charge in [-0.2, -0.15) is 0 Å². The number of carbonyl (C=O) groups is 3. The highest BCUT2D eigenvalue weighted by atomic mass is 79.9. The van der Waals surface area contributed by atoms with Crippen LogP contribution in [0.4, 0.5) is 0 Å². The highest BCUT2D eigenvalue weighted by Crippen LogP contribution is 2.61. The Labute approximate surface area is 216 Å². The number of aliphatic hydroxyl groups excluding tert-OH is 1. The summed E-state index contributed by atoms with van der Waals surface area (Å²) in [7, 11) is 0. The number of halogens is 1. The second kappa shape index (κ2) is 10.3. The van der Waals surface area contributed by atoms with Crippen LogP contribution in [0.15, 0.2) is 25.3 Å². The third-order valence-corrected chi connectivity index (χ3v) is 8.16. The first kappa shape index (κ1) is 27.9. The summed E-state index contributed by atoms with van der Waals surface area (Å²) in [5, 5.41) is 10.3. The lowest BCUT2D eigenvalue weighted by molar-refractivity contribution is -0.157. The summed E-state index contributed by atoms with van der Waals surface area (Å²) >= 11 is 3.65. The average molecular weight is 556 g/mol. The smallest absolute Gasteiger partial charge is 0.312 e. The highest BCUT2D eigenvalue weighted by molar-refractivity contribution is 9.09. The molecule has 0 aromatic rings. The lowest BCUT2D eigenvalue weighted by Gasteiger charge is -2.43. The normalized spacial score (nSPS) is 32.5. The number of nitrogens with zero attached hydrogens (tertiary/aromatic N) is 2. The lowest BCUT2D eigenvalue weighted by atomic mass is 9.70. The molecule has 3 unspecified atom stereocenters. The largest absolute Gasteiger partial charge is 0.461 e. The van der Waals surface area contributed by atoms with Crippen molar-refractivity contribution >= 4 is 33.7 Å².